The second-order valence-electron chi connectivity index (χ2n) is 7.11. The van der Waals surface area contributed by atoms with Crippen LogP contribution in [-0.2, 0) is 30.4 Å². The molecule has 0 aromatic heterocycles. The smallest absolute Gasteiger partial charge is 0.338 e. The Morgan fingerprint density at radius 1 is 1.03 bits per heavy atom. The summed E-state index contributed by atoms with van der Waals surface area (Å²) in [6.07, 6.45) is 0.0720. The molecule has 2 aromatic rings. The van der Waals surface area contributed by atoms with Crippen LogP contribution < -0.4 is 5.32 Å². The van der Waals surface area contributed by atoms with Crippen molar-refractivity contribution >= 4 is 29.4 Å². The number of hydrogen-bond acceptors (Lipinski definition) is 6. The molecule has 0 saturated carbocycles. The van der Waals surface area contributed by atoms with Crippen LogP contribution in [0.15, 0.2) is 54.6 Å². The van der Waals surface area contributed by atoms with E-state index in [4.69, 9.17) is 9.47 Å². The van der Waals surface area contributed by atoms with Gasteiger partial charge in [0.1, 0.15) is 0 Å². The van der Waals surface area contributed by atoms with Crippen LogP contribution in [0.1, 0.15) is 29.3 Å². The lowest BCUT2D eigenvalue weighted by molar-refractivity contribution is -0.151. The summed E-state index contributed by atoms with van der Waals surface area (Å²) >= 11 is 0. The lowest BCUT2D eigenvalue weighted by atomic mass is 10.1. The Balaban J connectivity index is 1.44. The van der Waals surface area contributed by atoms with Gasteiger partial charge in [-0.05, 0) is 36.8 Å². The molecule has 0 unspecified atom stereocenters. The van der Waals surface area contributed by atoms with E-state index in [1.807, 2.05) is 30.3 Å². The average molecular weight is 424 g/mol. The second kappa shape index (κ2) is 10.4. The molecule has 2 amide bonds. The number of carbonyl (C=O) groups excluding carboxylic acids is 4. The number of anilines is 1. The van der Waals surface area contributed by atoms with Gasteiger partial charge < -0.3 is 19.7 Å². The molecule has 0 aliphatic carbocycles. The molecule has 1 saturated heterocycles. The van der Waals surface area contributed by atoms with Gasteiger partial charge in [0.2, 0.25) is 5.91 Å². The zero-order valence-corrected chi connectivity index (χ0v) is 17.2. The van der Waals surface area contributed by atoms with E-state index in [0.717, 1.165) is 5.56 Å². The van der Waals surface area contributed by atoms with Crippen molar-refractivity contribution in [3.63, 3.8) is 0 Å². The van der Waals surface area contributed by atoms with Crippen molar-refractivity contribution in [3.05, 3.63) is 65.7 Å². The maximum absolute atomic E-state index is 12.3. The lowest BCUT2D eigenvalue weighted by Gasteiger charge is -2.16. The van der Waals surface area contributed by atoms with Gasteiger partial charge in [0.15, 0.2) is 6.61 Å². The fourth-order valence-corrected chi connectivity index (χ4v) is 3.24. The Morgan fingerprint density at radius 3 is 2.42 bits per heavy atom. The predicted molar refractivity (Wildman–Crippen MR) is 112 cm³/mol. The third kappa shape index (κ3) is 6.15. The largest absolute Gasteiger partial charge is 0.462 e. The van der Waals surface area contributed by atoms with Crippen molar-refractivity contribution < 1.29 is 28.7 Å². The molecule has 0 spiro atoms. The van der Waals surface area contributed by atoms with Crippen molar-refractivity contribution in [2.75, 3.05) is 25.1 Å². The molecule has 8 heteroatoms. The highest BCUT2D eigenvalue weighted by Gasteiger charge is 2.35. The number of benzene rings is 2. The van der Waals surface area contributed by atoms with E-state index in [1.54, 1.807) is 24.0 Å². The van der Waals surface area contributed by atoms with Crippen LogP contribution in [0.2, 0.25) is 0 Å². The first-order valence-electron chi connectivity index (χ1n) is 10.0. The van der Waals surface area contributed by atoms with E-state index >= 15 is 0 Å². The number of carbonyl (C=O) groups is 4. The lowest BCUT2D eigenvalue weighted by Crippen LogP contribution is -2.28. The number of nitrogens with one attached hydrogen (secondary N) is 1. The Bertz CT molecular complexity index is 942. The van der Waals surface area contributed by atoms with Crippen LogP contribution in [-0.4, -0.2) is 48.4 Å². The van der Waals surface area contributed by atoms with Crippen molar-refractivity contribution in [1.29, 1.82) is 0 Å². The highest BCUT2D eigenvalue weighted by Crippen LogP contribution is 2.21. The van der Waals surface area contributed by atoms with Crippen LogP contribution in [0.4, 0.5) is 5.69 Å². The van der Waals surface area contributed by atoms with Gasteiger partial charge in [-0.25, -0.2) is 4.79 Å². The normalized spacial score (nSPS) is 15.5. The van der Waals surface area contributed by atoms with Crippen molar-refractivity contribution in [2.45, 2.75) is 19.9 Å². The molecular formula is C23H24N2O6. The Hall–Kier alpha value is -3.68. The molecule has 1 fully saturated rings. The zero-order chi connectivity index (χ0) is 22.2. The van der Waals surface area contributed by atoms with E-state index in [-0.39, 0.29) is 25.5 Å². The van der Waals surface area contributed by atoms with E-state index in [2.05, 4.69) is 5.32 Å². The fraction of sp³-hybridized carbons (Fsp3) is 0.304. The van der Waals surface area contributed by atoms with Crippen LogP contribution in [0.3, 0.4) is 0 Å². The van der Waals surface area contributed by atoms with Gasteiger partial charge in [0, 0.05) is 25.2 Å². The second-order valence-corrected chi connectivity index (χ2v) is 7.11. The van der Waals surface area contributed by atoms with E-state index < -0.39 is 30.4 Å². The summed E-state index contributed by atoms with van der Waals surface area (Å²) in [7, 11) is 0. The van der Waals surface area contributed by atoms with Crippen LogP contribution in [0, 0.1) is 5.92 Å². The number of ether oxygens (including phenoxy) is 2. The SMILES string of the molecule is CCOC(=O)c1ccc(NC(=O)COC(=O)[C@@H]2CC(=O)N(Cc3ccccc3)C2)cc1. The monoisotopic (exact) mass is 424 g/mol. The fourth-order valence-electron chi connectivity index (χ4n) is 3.24. The number of esters is 2. The third-order valence-electron chi connectivity index (χ3n) is 4.79. The summed E-state index contributed by atoms with van der Waals surface area (Å²) in [6, 6.07) is 15.7. The minimum absolute atomic E-state index is 0.0720. The quantitative estimate of drug-likeness (QED) is 0.653. The van der Waals surface area contributed by atoms with Gasteiger partial charge in [-0.3, -0.25) is 14.4 Å². The standard InChI is InChI=1S/C23H24N2O6/c1-2-30-22(28)17-8-10-19(11-9-17)24-20(26)15-31-23(29)18-12-21(27)25(14-18)13-16-6-4-3-5-7-16/h3-11,18H,2,12-15H2,1H3,(H,24,26)/t18-/m1/s1. The first-order chi connectivity index (χ1) is 15.0. The van der Waals surface area contributed by atoms with E-state index in [9.17, 15) is 19.2 Å². The minimum Gasteiger partial charge on any atom is -0.462 e. The number of hydrogen-bond donors (Lipinski definition) is 1. The average Bonchev–Trinajstić information content (AvgIpc) is 3.13. The molecule has 1 atom stereocenters. The van der Waals surface area contributed by atoms with Gasteiger partial charge >= 0.3 is 11.9 Å². The van der Waals surface area contributed by atoms with Crippen molar-refractivity contribution in [3.8, 4) is 0 Å². The number of amides is 2. The number of rotatable bonds is 8. The molecule has 1 aliphatic heterocycles. The van der Waals surface area contributed by atoms with Gasteiger partial charge in [-0.1, -0.05) is 30.3 Å². The van der Waals surface area contributed by atoms with Gasteiger partial charge in [-0.15, -0.1) is 0 Å². The molecule has 2 aromatic carbocycles. The highest BCUT2D eigenvalue weighted by atomic mass is 16.5. The van der Waals surface area contributed by atoms with E-state index in [0.29, 0.717) is 17.8 Å². The molecule has 1 heterocycles. The van der Waals surface area contributed by atoms with Crippen molar-refractivity contribution in [1.82, 2.24) is 4.90 Å². The minimum atomic E-state index is -0.590. The molecule has 1 aliphatic rings. The summed E-state index contributed by atoms with van der Waals surface area (Å²) in [5.41, 5.74) is 1.81. The van der Waals surface area contributed by atoms with Gasteiger partial charge in [0.25, 0.3) is 5.91 Å². The summed E-state index contributed by atoms with van der Waals surface area (Å²) in [5.74, 6) is -2.23. The number of likely N-dealkylation sites (tertiary alicyclic amines) is 1. The Labute approximate surface area is 180 Å². The summed E-state index contributed by atoms with van der Waals surface area (Å²) in [5, 5.41) is 2.59. The Kier molecular flexibility index (Phi) is 7.37. The number of nitrogens with zero attached hydrogens (tertiary/aromatic N) is 1. The van der Waals surface area contributed by atoms with Crippen LogP contribution in [0.25, 0.3) is 0 Å². The molecule has 31 heavy (non-hydrogen) atoms. The summed E-state index contributed by atoms with van der Waals surface area (Å²) < 4.78 is 10.00. The van der Waals surface area contributed by atoms with Gasteiger partial charge in [0.05, 0.1) is 18.1 Å². The Morgan fingerprint density at radius 2 is 1.74 bits per heavy atom. The van der Waals surface area contributed by atoms with Crippen LogP contribution in [0.5, 0.6) is 0 Å². The molecule has 1 N–H and O–H groups in total. The van der Waals surface area contributed by atoms with Crippen LogP contribution >= 0.6 is 0 Å². The zero-order valence-electron chi connectivity index (χ0n) is 17.2. The maximum atomic E-state index is 12.3. The van der Waals surface area contributed by atoms with Gasteiger partial charge in [-0.2, -0.15) is 0 Å². The third-order valence-corrected chi connectivity index (χ3v) is 4.79. The molecule has 162 valence electrons. The van der Waals surface area contributed by atoms with Crippen molar-refractivity contribution in [2.24, 2.45) is 5.92 Å². The van der Waals surface area contributed by atoms with E-state index in [1.165, 1.54) is 12.1 Å². The first kappa shape index (κ1) is 22.0. The molecule has 3 rings (SSSR count). The highest BCUT2D eigenvalue weighted by molar-refractivity contribution is 5.95. The molecule has 8 nitrogen and oxygen atoms in total. The molecule has 0 radical (unpaired) electrons. The molecule has 0 bridgehead atoms. The topological polar surface area (TPSA) is 102 Å². The summed E-state index contributed by atoms with van der Waals surface area (Å²) in [4.78, 5) is 49.8. The molecular weight excluding hydrogens is 400 g/mol. The maximum Gasteiger partial charge on any atom is 0.338 e. The predicted octanol–water partition coefficient (Wildman–Crippen LogP) is 2.39. The summed E-state index contributed by atoms with van der Waals surface area (Å²) in [6.45, 7) is 2.24. The first-order valence-corrected chi connectivity index (χ1v) is 10.0.